The molecule has 7 heteroatoms. The molecule has 0 unspecified atom stereocenters. The Kier molecular flexibility index (Phi) is 5.32. The standard InChI is InChI=1S/C14H21N5OS/c1-5-15-14(17-7-13-10(3)18-8-21-13)16-6-12-9(2)19-20-11(12)4/h8H,5-7H2,1-4H3,(H2,15,16,17). The molecule has 6 nitrogen and oxygen atoms in total. The SMILES string of the molecule is CCNC(=NCc1c(C)noc1C)NCc1scnc1C. The summed E-state index contributed by atoms with van der Waals surface area (Å²) in [6, 6.07) is 0. The zero-order valence-corrected chi connectivity index (χ0v) is 13.7. The first-order valence-corrected chi connectivity index (χ1v) is 7.82. The Morgan fingerprint density at radius 3 is 2.67 bits per heavy atom. The fourth-order valence-electron chi connectivity index (χ4n) is 1.89. The van der Waals surface area contributed by atoms with Crippen LogP contribution in [0.2, 0.25) is 0 Å². The van der Waals surface area contributed by atoms with Crippen molar-refractivity contribution in [2.75, 3.05) is 6.54 Å². The number of hydrogen-bond donors (Lipinski definition) is 2. The molecular formula is C14H21N5OS. The topological polar surface area (TPSA) is 75.3 Å². The molecule has 0 saturated heterocycles. The second-order valence-electron chi connectivity index (χ2n) is 4.71. The Morgan fingerprint density at radius 1 is 1.29 bits per heavy atom. The predicted molar refractivity (Wildman–Crippen MR) is 84.5 cm³/mol. The molecule has 0 saturated carbocycles. The molecule has 2 aromatic rings. The Hall–Kier alpha value is -1.89. The van der Waals surface area contributed by atoms with E-state index < -0.39 is 0 Å². The predicted octanol–water partition coefficient (Wildman–Crippen LogP) is 2.31. The lowest BCUT2D eigenvalue weighted by atomic mass is 10.2. The van der Waals surface area contributed by atoms with Gasteiger partial charge in [-0.1, -0.05) is 5.16 Å². The van der Waals surface area contributed by atoms with Crippen LogP contribution in [0.4, 0.5) is 0 Å². The van der Waals surface area contributed by atoms with Crippen molar-refractivity contribution in [1.82, 2.24) is 20.8 Å². The van der Waals surface area contributed by atoms with E-state index >= 15 is 0 Å². The van der Waals surface area contributed by atoms with Crippen molar-refractivity contribution in [1.29, 1.82) is 0 Å². The van der Waals surface area contributed by atoms with Gasteiger partial charge in [-0.15, -0.1) is 11.3 Å². The minimum Gasteiger partial charge on any atom is -0.361 e. The zero-order valence-electron chi connectivity index (χ0n) is 12.9. The first kappa shape index (κ1) is 15.5. The maximum absolute atomic E-state index is 5.16. The van der Waals surface area contributed by atoms with Crippen LogP contribution in [-0.4, -0.2) is 22.6 Å². The Balaban J connectivity index is 2.01. The van der Waals surface area contributed by atoms with Gasteiger partial charge in [0.25, 0.3) is 0 Å². The minimum atomic E-state index is 0.554. The lowest BCUT2D eigenvalue weighted by Crippen LogP contribution is -2.36. The molecule has 0 spiro atoms. The molecular weight excluding hydrogens is 286 g/mol. The number of rotatable bonds is 5. The van der Waals surface area contributed by atoms with Gasteiger partial charge in [-0.25, -0.2) is 9.98 Å². The van der Waals surface area contributed by atoms with Crippen LogP contribution in [0, 0.1) is 20.8 Å². The Bertz CT molecular complexity index is 597. The summed E-state index contributed by atoms with van der Waals surface area (Å²) < 4.78 is 5.16. The van der Waals surface area contributed by atoms with E-state index in [0.29, 0.717) is 6.54 Å². The summed E-state index contributed by atoms with van der Waals surface area (Å²) in [6.07, 6.45) is 0. The maximum Gasteiger partial charge on any atom is 0.191 e. The van der Waals surface area contributed by atoms with Crippen LogP contribution < -0.4 is 10.6 Å². The largest absolute Gasteiger partial charge is 0.361 e. The van der Waals surface area contributed by atoms with Gasteiger partial charge in [0.15, 0.2) is 5.96 Å². The van der Waals surface area contributed by atoms with Gasteiger partial charge in [0, 0.05) is 17.0 Å². The molecule has 0 atom stereocenters. The molecule has 2 aromatic heterocycles. The van der Waals surface area contributed by atoms with Crippen molar-refractivity contribution in [3.8, 4) is 0 Å². The van der Waals surface area contributed by atoms with E-state index in [-0.39, 0.29) is 0 Å². The highest BCUT2D eigenvalue weighted by Crippen LogP contribution is 2.13. The summed E-state index contributed by atoms with van der Waals surface area (Å²) in [5, 5.41) is 10.5. The van der Waals surface area contributed by atoms with Crippen LogP contribution in [0.25, 0.3) is 0 Å². The van der Waals surface area contributed by atoms with E-state index in [4.69, 9.17) is 4.52 Å². The Labute approximate surface area is 128 Å². The van der Waals surface area contributed by atoms with Gasteiger partial charge in [-0.3, -0.25) is 0 Å². The van der Waals surface area contributed by atoms with Crippen LogP contribution in [-0.2, 0) is 13.1 Å². The fraction of sp³-hybridized carbons (Fsp3) is 0.500. The average molecular weight is 307 g/mol. The lowest BCUT2D eigenvalue weighted by molar-refractivity contribution is 0.392. The molecule has 0 aliphatic heterocycles. The van der Waals surface area contributed by atoms with Gasteiger partial charge in [0.05, 0.1) is 30.0 Å². The number of nitrogens with one attached hydrogen (secondary N) is 2. The number of guanidine groups is 1. The molecule has 0 amide bonds. The number of aliphatic imine (C=N–C) groups is 1. The van der Waals surface area contributed by atoms with Gasteiger partial charge in [0.2, 0.25) is 0 Å². The molecule has 2 rings (SSSR count). The highest BCUT2D eigenvalue weighted by molar-refractivity contribution is 7.09. The Morgan fingerprint density at radius 2 is 2.10 bits per heavy atom. The third-order valence-electron chi connectivity index (χ3n) is 3.18. The number of aromatic nitrogens is 2. The van der Waals surface area contributed by atoms with E-state index in [1.807, 2.05) is 33.2 Å². The average Bonchev–Trinajstić information content (AvgIpc) is 3.00. The second-order valence-corrected chi connectivity index (χ2v) is 5.65. The molecule has 2 heterocycles. The minimum absolute atomic E-state index is 0.554. The van der Waals surface area contributed by atoms with Gasteiger partial charge >= 0.3 is 0 Å². The van der Waals surface area contributed by atoms with E-state index in [0.717, 1.165) is 41.8 Å². The quantitative estimate of drug-likeness (QED) is 0.655. The first-order chi connectivity index (χ1) is 10.1. The second kappa shape index (κ2) is 7.21. The molecule has 2 N–H and O–H groups in total. The van der Waals surface area contributed by atoms with Crippen molar-refractivity contribution in [3.05, 3.63) is 33.1 Å². The van der Waals surface area contributed by atoms with Gasteiger partial charge in [-0.2, -0.15) is 0 Å². The van der Waals surface area contributed by atoms with Crippen LogP contribution in [0.3, 0.4) is 0 Å². The molecule has 0 aromatic carbocycles. The normalized spacial score (nSPS) is 11.7. The van der Waals surface area contributed by atoms with Crippen molar-refractivity contribution < 1.29 is 4.52 Å². The summed E-state index contributed by atoms with van der Waals surface area (Å²) in [5.74, 6) is 1.61. The summed E-state index contributed by atoms with van der Waals surface area (Å²) in [7, 11) is 0. The molecule has 0 aliphatic carbocycles. The third-order valence-corrected chi connectivity index (χ3v) is 4.12. The summed E-state index contributed by atoms with van der Waals surface area (Å²) >= 11 is 1.65. The van der Waals surface area contributed by atoms with Crippen molar-refractivity contribution in [3.63, 3.8) is 0 Å². The summed E-state index contributed by atoms with van der Waals surface area (Å²) in [6.45, 7) is 10.00. The van der Waals surface area contributed by atoms with E-state index in [1.54, 1.807) is 11.3 Å². The van der Waals surface area contributed by atoms with Crippen molar-refractivity contribution in [2.24, 2.45) is 4.99 Å². The number of thiazole rings is 1. The maximum atomic E-state index is 5.16. The highest BCUT2D eigenvalue weighted by atomic mass is 32.1. The number of aryl methyl sites for hydroxylation is 3. The highest BCUT2D eigenvalue weighted by Gasteiger charge is 2.09. The molecule has 0 bridgehead atoms. The zero-order chi connectivity index (χ0) is 15.2. The van der Waals surface area contributed by atoms with Crippen LogP contribution in [0.15, 0.2) is 15.0 Å². The molecule has 0 aliphatic rings. The van der Waals surface area contributed by atoms with E-state index in [2.05, 4.69) is 25.8 Å². The van der Waals surface area contributed by atoms with Crippen molar-refractivity contribution in [2.45, 2.75) is 40.8 Å². The third kappa shape index (κ3) is 4.04. The number of hydrogen-bond acceptors (Lipinski definition) is 5. The molecule has 21 heavy (non-hydrogen) atoms. The fourth-order valence-corrected chi connectivity index (χ4v) is 2.60. The molecule has 0 fully saturated rings. The van der Waals surface area contributed by atoms with Crippen LogP contribution in [0.1, 0.15) is 34.5 Å². The van der Waals surface area contributed by atoms with Gasteiger partial charge < -0.3 is 15.2 Å². The van der Waals surface area contributed by atoms with Crippen molar-refractivity contribution >= 4 is 17.3 Å². The van der Waals surface area contributed by atoms with E-state index in [9.17, 15) is 0 Å². The molecule has 0 radical (unpaired) electrons. The van der Waals surface area contributed by atoms with Gasteiger partial charge in [0.1, 0.15) is 5.76 Å². The smallest absolute Gasteiger partial charge is 0.191 e. The summed E-state index contributed by atoms with van der Waals surface area (Å²) in [5.41, 5.74) is 4.86. The van der Waals surface area contributed by atoms with Crippen LogP contribution in [0.5, 0.6) is 0 Å². The first-order valence-electron chi connectivity index (χ1n) is 6.94. The van der Waals surface area contributed by atoms with Gasteiger partial charge in [-0.05, 0) is 27.7 Å². The lowest BCUT2D eigenvalue weighted by Gasteiger charge is -2.10. The van der Waals surface area contributed by atoms with E-state index in [1.165, 1.54) is 4.88 Å². The monoisotopic (exact) mass is 307 g/mol. The molecule has 114 valence electrons. The summed E-state index contributed by atoms with van der Waals surface area (Å²) in [4.78, 5) is 10.1. The van der Waals surface area contributed by atoms with Crippen LogP contribution >= 0.6 is 11.3 Å². The number of nitrogens with zero attached hydrogens (tertiary/aromatic N) is 3.